The van der Waals surface area contributed by atoms with E-state index in [2.05, 4.69) is 20.4 Å². The number of esters is 1. The molecule has 1 aromatic carbocycles. The molecule has 0 aromatic heterocycles. The van der Waals surface area contributed by atoms with Gasteiger partial charge in [-0.05, 0) is 49.4 Å². The van der Waals surface area contributed by atoms with Crippen molar-refractivity contribution in [1.82, 2.24) is 10.6 Å². The summed E-state index contributed by atoms with van der Waals surface area (Å²) in [6, 6.07) is 4.87. The summed E-state index contributed by atoms with van der Waals surface area (Å²) in [6.07, 6.45) is 4.05. The normalized spacial score (nSPS) is 11.2. The fourth-order valence-corrected chi connectivity index (χ4v) is 2.36. The molecule has 0 saturated heterocycles. The first-order valence-corrected chi connectivity index (χ1v) is 8.33. The van der Waals surface area contributed by atoms with Crippen molar-refractivity contribution < 1.29 is 13.9 Å². The average molecular weight is 337 g/mol. The van der Waals surface area contributed by atoms with Gasteiger partial charge in [0.25, 0.3) is 0 Å². The minimum atomic E-state index is -0.200. The third-order valence-electron chi connectivity index (χ3n) is 3.79. The lowest BCUT2D eigenvalue weighted by Gasteiger charge is -2.12. The zero-order valence-electron chi connectivity index (χ0n) is 14.8. The molecule has 0 atom stereocenters. The van der Waals surface area contributed by atoms with Crippen LogP contribution in [0.4, 0.5) is 4.39 Å². The van der Waals surface area contributed by atoms with Gasteiger partial charge in [0.05, 0.1) is 7.11 Å². The van der Waals surface area contributed by atoms with Crippen LogP contribution in [-0.2, 0) is 16.0 Å². The Balaban J connectivity index is 2.17. The van der Waals surface area contributed by atoms with E-state index in [1.165, 1.54) is 13.2 Å². The lowest BCUT2D eigenvalue weighted by Crippen LogP contribution is -2.38. The summed E-state index contributed by atoms with van der Waals surface area (Å²) in [5.41, 5.74) is 2.09. The van der Waals surface area contributed by atoms with Gasteiger partial charge >= 0.3 is 5.97 Å². The maximum absolute atomic E-state index is 13.1. The largest absolute Gasteiger partial charge is 0.469 e. The van der Waals surface area contributed by atoms with Crippen LogP contribution in [0.2, 0.25) is 0 Å². The molecule has 2 N–H and O–H groups in total. The molecular weight excluding hydrogens is 309 g/mol. The van der Waals surface area contributed by atoms with Gasteiger partial charge in [-0.15, -0.1) is 0 Å². The number of carbonyl (C=O) groups excluding carboxylic acids is 1. The van der Waals surface area contributed by atoms with Gasteiger partial charge in [0.15, 0.2) is 5.96 Å². The number of guanidine groups is 1. The van der Waals surface area contributed by atoms with Gasteiger partial charge in [0.2, 0.25) is 0 Å². The van der Waals surface area contributed by atoms with Crippen molar-refractivity contribution in [2.24, 2.45) is 4.99 Å². The maximum Gasteiger partial charge on any atom is 0.305 e. The van der Waals surface area contributed by atoms with Crippen molar-refractivity contribution in [2.75, 3.05) is 27.2 Å². The molecule has 6 heteroatoms. The molecule has 0 radical (unpaired) electrons. The molecule has 0 aliphatic heterocycles. The molecule has 0 spiro atoms. The van der Waals surface area contributed by atoms with Crippen LogP contribution in [0.5, 0.6) is 0 Å². The predicted octanol–water partition coefficient (Wildman–Crippen LogP) is 2.58. The minimum Gasteiger partial charge on any atom is -0.469 e. The zero-order chi connectivity index (χ0) is 17.8. The second-order valence-electron chi connectivity index (χ2n) is 5.63. The molecule has 134 valence electrons. The first kappa shape index (κ1) is 19.9. The minimum absolute atomic E-state index is 0.156. The van der Waals surface area contributed by atoms with Crippen LogP contribution < -0.4 is 10.6 Å². The lowest BCUT2D eigenvalue weighted by molar-refractivity contribution is -0.140. The Labute approximate surface area is 143 Å². The first-order valence-electron chi connectivity index (χ1n) is 8.33. The number of halogens is 1. The molecule has 0 amide bonds. The van der Waals surface area contributed by atoms with Crippen LogP contribution in [0.15, 0.2) is 23.2 Å². The first-order chi connectivity index (χ1) is 11.6. The van der Waals surface area contributed by atoms with Crippen molar-refractivity contribution >= 4 is 11.9 Å². The van der Waals surface area contributed by atoms with Gasteiger partial charge in [-0.3, -0.25) is 9.79 Å². The molecule has 0 saturated carbocycles. The highest BCUT2D eigenvalue weighted by Crippen LogP contribution is 2.10. The molecule has 0 bridgehead atoms. The Hall–Kier alpha value is -2.11. The fraction of sp³-hybridized carbons (Fsp3) is 0.556. The number of hydrogen-bond acceptors (Lipinski definition) is 3. The number of methoxy groups -OCH3 is 1. The summed E-state index contributed by atoms with van der Waals surface area (Å²) in [5, 5.41) is 6.49. The smallest absolute Gasteiger partial charge is 0.305 e. The summed E-state index contributed by atoms with van der Waals surface area (Å²) in [5.74, 6) is 0.396. The Morgan fingerprint density at radius 2 is 1.96 bits per heavy atom. The third-order valence-corrected chi connectivity index (χ3v) is 3.79. The summed E-state index contributed by atoms with van der Waals surface area (Å²) >= 11 is 0. The van der Waals surface area contributed by atoms with Crippen molar-refractivity contribution in [3.05, 3.63) is 35.1 Å². The monoisotopic (exact) mass is 337 g/mol. The van der Waals surface area contributed by atoms with Crippen molar-refractivity contribution in [3.8, 4) is 0 Å². The predicted molar refractivity (Wildman–Crippen MR) is 94.7 cm³/mol. The number of rotatable bonds is 9. The van der Waals surface area contributed by atoms with E-state index in [0.717, 1.165) is 55.9 Å². The average Bonchev–Trinajstić information content (AvgIpc) is 2.57. The number of carbonyl (C=O) groups is 1. The number of aryl methyl sites for hydroxylation is 1. The molecule has 0 unspecified atom stereocenters. The topological polar surface area (TPSA) is 62.7 Å². The van der Waals surface area contributed by atoms with Crippen LogP contribution in [0.25, 0.3) is 0 Å². The number of nitrogens with one attached hydrogen (secondary N) is 2. The molecule has 5 nitrogen and oxygen atoms in total. The summed E-state index contributed by atoms with van der Waals surface area (Å²) in [7, 11) is 3.14. The Morgan fingerprint density at radius 3 is 2.62 bits per heavy atom. The Bertz CT molecular complexity index is 547. The van der Waals surface area contributed by atoms with Crippen molar-refractivity contribution in [3.63, 3.8) is 0 Å². The van der Waals surface area contributed by atoms with Gasteiger partial charge in [-0.1, -0.05) is 12.5 Å². The second-order valence-corrected chi connectivity index (χ2v) is 5.63. The van der Waals surface area contributed by atoms with E-state index >= 15 is 0 Å². The second kappa shape index (κ2) is 11.4. The van der Waals surface area contributed by atoms with E-state index < -0.39 is 0 Å². The molecule has 0 aliphatic carbocycles. The Morgan fingerprint density at radius 1 is 1.21 bits per heavy atom. The van der Waals surface area contributed by atoms with E-state index in [4.69, 9.17) is 0 Å². The highest BCUT2D eigenvalue weighted by molar-refractivity contribution is 5.79. The highest BCUT2D eigenvalue weighted by Gasteiger charge is 2.02. The van der Waals surface area contributed by atoms with Crippen molar-refractivity contribution in [1.29, 1.82) is 0 Å². The molecule has 0 aliphatic rings. The van der Waals surface area contributed by atoms with Gasteiger partial charge in [-0.2, -0.15) is 0 Å². The number of ether oxygens (including phenoxy) is 1. The molecule has 1 aromatic rings. The summed E-state index contributed by atoms with van der Waals surface area (Å²) in [6.45, 7) is 3.45. The molecular formula is C18H28FN3O2. The van der Waals surface area contributed by atoms with Crippen molar-refractivity contribution in [2.45, 2.75) is 39.0 Å². The molecule has 1 rings (SSSR count). The molecule has 0 fully saturated rings. The SMILES string of the molecule is CN=C(NCCCCCC(=O)OC)NCCc1ccc(F)cc1C. The van der Waals surface area contributed by atoms with Gasteiger partial charge < -0.3 is 15.4 Å². The van der Waals surface area contributed by atoms with Crippen LogP contribution >= 0.6 is 0 Å². The van der Waals surface area contributed by atoms with E-state index in [9.17, 15) is 9.18 Å². The molecule has 0 heterocycles. The fourth-order valence-electron chi connectivity index (χ4n) is 2.36. The lowest BCUT2D eigenvalue weighted by atomic mass is 10.1. The summed E-state index contributed by atoms with van der Waals surface area (Å²) in [4.78, 5) is 15.2. The van der Waals surface area contributed by atoms with E-state index in [0.29, 0.717) is 6.42 Å². The quantitative estimate of drug-likeness (QED) is 0.315. The molecule has 24 heavy (non-hydrogen) atoms. The van der Waals surface area contributed by atoms with E-state index in [1.807, 2.05) is 13.0 Å². The maximum atomic E-state index is 13.1. The van der Waals surface area contributed by atoms with Crippen LogP contribution in [0.1, 0.15) is 36.8 Å². The Kier molecular flexibility index (Phi) is 9.49. The number of unbranched alkanes of at least 4 members (excludes halogenated alkanes) is 2. The standard InChI is InChI=1S/C18H28FN3O2/c1-14-13-16(19)9-8-15(14)10-12-22-18(20-2)21-11-6-4-5-7-17(23)24-3/h8-9,13H,4-7,10-12H2,1-3H3,(H2,20,21,22). The highest BCUT2D eigenvalue weighted by atomic mass is 19.1. The summed E-state index contributed by atoms with van der Waals surface area (Å²) < 4.78 is 17.7. The number of hydrogen-bond donors (Lipinski definition) is 2. The number of benzene rings is 1. The third kappa shape index (κ3) is 7.94. The van der Waals surface area contributed by atoms with E-state index in [1.54, 1.807) is 13.1 Å². The zero-order valence-corrected chi connectivity index (χ0v) is 14.8. The van der Waals surface area contributed by atoms with Crippen LogP contribution in [-0.4, -0.2) is 39.2 Å². The van der Waals surface area contributed by atoms with Gasteiger partial charge in [-0.25, -0.2) is 4.39 Å². The number of aliphatic imine (C=N–C) groups is 1. The van der Waals surface area contributed by atoms with Gasteiger partial charge in [0, 0.05) is 26.6 Å². The van der Waals surface area contributed by atoms with Crippen LogP contribution in [0, 0.1) is 12.7 Å². The number of nitrogens with zero attached hydrogens (tertiary/aromatic N) is 1. The van der Waals surface area contributed by atoms with Gasteiger partial charge in [0.1, 0.15) is 5.82 Å². The van der Waals surface area contributed by atoms with Crippen LogP contribution in [0.3, 0.4) is 0 Å². The van der Waals surface area contributed by atoms with E-state index in [-0.39, 0.29) is 11.8 Å².